The summed E-state index contributed by atoms with van der Waals surface area (Å²) in [4.78, 5) is 0. The summed E-state index contributed by atoms with van der Waals surface area (Å²) in [6.45, 7) is 8.06. The number of nitrogens with zero attached hydrogens (tertiary/aromatic N) is 1. The van der Waals surface area contributed by atoms with Crippen molar-refractivity contribution in [1.29, 1.82) is 5.26 Å². The fourth-order valence-electron chi connectivity index (χ4n) is 1.66. The number of hydrogen-bond acceptors (Lipinski definition) is 2. The Labute approximate surface area is 85.6 Å². The Hall–Kier alpha value is -1.49. The standard InChI is InChI=1S/C12H16N2/c1-8-5-9(2)12(10(3)6-8)14-11(4)7-13/h5-6,11,14H,1-4H3. The first-order valence-electron chi connectivity index (χ1n) is 4.78. The van der Waals surface area contributed by atoms with Crippen molar-refractivity contribution in [3.8, 4) is 6.07 Å². The lowest BCUT2D eigenvalue weighted by Crippen LogP contribution is -2.14. The first-order valence-corrected chi connectivity index (χ1v) is 4.78. The van der Waals surface area contributed by atoms with Crippen LogP contribution >= 0.6 is 0 Å². The van der Waals surface area contributed by atoms with Crippen molar-refractivity contribution in [3.05, 3.63) is 28.8 Å². The number of benzene rings is 1. The van der Waals surface area contributed by atoms with E-state index in [-0.39, 0.29) is 6.04 Å². The van der Waals surface area contributed by atoms with Gasteiger partial charge in [0, 0.05) is 5.69 Å². The second-order valence-corrected chi connectivity index (χ2v) is 3.77. The van der Waals surface area contributed by atoms with E-state index in [4.69, 9.17) is 5.26 Å². The van der Waals surface area contributed by atoms with Crippen LogP contribution in [0, 0.1) is 32.1 Å². The number of anilines is 1. The van der Waals surface area contributed by atoms with Gasteiger partial charge in [0.1, 0.15) is 6.04 Å². The summed E-state index contributed by atoms with van der Waals surface area (Å²) >= 11 is 0. The molecule has 0 aromatic heterocycles. The highest BCUT2D eigenvalue weighted by Crippen LogP contribution is 2.22. The van der Waals surface area contributed by atoms with Crippen molar-refractivity contribution in [1.82, 2.24) is 0 Å². The van der Waals surface area contributed by atoms with Crippen LogP contribution in [-0.2, 0) is 0 Å². The number of aryl methyl sites for hydroxylation is 3. The Morgan fingerprint density at radius 1 is 1.21 bits per heavy atom. The van der Waals surface area contributed by atoms with E-state index in [9.17, 15) is 0 Å². The molecule has 0 radical (unpaired) electrons. The zero-order valence-electron chi connectivity index (χ0n) is 9.18. The van der Waals surface area contributed by atoms with Crippen LogP contribution in [-0.4, -0.2) is 6.04 Å². The Kier molecular flexibility index (Phi) is 3.14. The van der Waals surface area contributed by atoms with Gasteiger partial charge in [-0.25, -0.2) is 0 Å². The molecule has 14 heavy (non-hydrogen) atoms. The summed E-state index contributed by atoms with van der Waals surface area (Å²) in [5.74, 6) is 0. The molecule has 1 aromatic carbocycles. The van der Waals surface area contributed by atoms with Crippen LogP contribution in [0.1, 0.15) is 23.6 Å². The third-order valence-corrected chi connectivity index (χ3v) is 2.23. The minimum atomic E-state index is -0.143. The predicted octanol–water partition coefficient (Wildman–Crippen LogP) is 2.94. The lowest BCUT2D eigenvalue weighted by atomic mass is 10.0. The molecule has 0 saturated carbocycles. The first kappa shape index (κ1) is 10.6. The lowest BCUT2D eigenvalue weighted by molar-refractivity contribution is 1.00. The van der Waals surface area contributed by atoms with E-state index in [0.29, 0.717) is 0 Å². The third kappa shape index (κ3) is 2.26. The molecule has 2 nitrogen and oxygen atoms in total. The van der Waals surface area contributed by atoms with Crippen molar-refractivity contribution in [2.75, 3.05) is 5.32 Å². The van der Waals surface area contributed by atoms with Gasteiger partial charge in [0.05, 0.1) is 6.07 Å². The molecule has 0 aliphatic heterocycles. The largest absolute Gasteiger partial charge is 0.370 e. The van der Waals surface area contributed by atoms with Gasteiger partial charge in [-0.1, -0.05) is 17.7 Å². The molecule has 0 amide bonds. The molecule has 0 saturated heterocycles. The quantitative estimate of drug-likeness (QED) is 0.774. The summed E-state index contributed by atoms with van der Waals surface area (Å²) in [7, 11) is 0. The highest BCUT2D eigenvalue weighted by atomic mass is 14.9. The second kappa shape index (κ2) is 4.15. The maximum absolute atomic E-state index is 8.72. The Balaban J connectivity index is 3.04. The first-order chi connectivity index (χ1) is 6.54. The van der Waals surface area contributed by atoms with Gasteiger partial charge < -0.3 is 5.32 Å². The van der Waals surface area contributed by atoms with E-state index in [1.807, 2.05) is 6.92 Å². The monoisotopic (exact) mass is 188 g/mol. The minimum Gasteiger partial charge on any atom is -0.370 e. The molecular weight excluding hydrogens is 172 g/mol. The molecule has 0 heterocycles. The number of hydrogen-bond donors (Lipinski definition) is 1. The molecule has 74 valence electrons. The van der Waals surface area contributed by atoms with Crippen molar-refractivity contribution in [2.45, 2.75) is 33.7 Å². The van der Waals surface area contributed by atoms with E-state index in [2.05, 4.69) is 44.3 Å². The normalized spacial score (nSPS) is 11.9. The summed E-state index contributed by atoms with van der Waals surface area (Å²) in [6.07, 6.45) is 0. The lowest BCUT2D eigenvalue weighted by Gasteiger charge is -2.14. The number of rotatable bonds is 2. The highest BCUT2D eigenvalue weighted by molar-refractivity contribution is 5.59. The van der Waals surface area contributed by atoms with Crippen molar-refractivity contribution in [3.63, 3.8) is 0 Å². The highest BCUT2D eigenvalue weighted by Gasteiger charge is 2.06. The summed E-state index contributed by atoms with van der Waals surface area (Å²) in [5, 5.41) is 11.9. The molecule has 1 N–H and O–H groups in total. The van der Waals surface area contributed by atoms with Gasteiger partial charge in [-0.15, -0.1) is 0 Å². The molecule has 0 aliphatic carbocycles. The summed E-state index contributed by atoms with van der Waals surface area (Å²) in [6, 6.07) is 6.28. The van der Waals surface area contributed by atoms with E-state index < -0.39 is 0 Å². The van der Waals surface area contributed by atoms with Gasteiger partial charge in [-0.2, -0.15) is 5.26 Å². The van der Waals surface area contributed by atoms with E-state index >= 15 is 0 Å². The predicted molar refractivity (Wildman–Crippen MR) is 59.4 cm³/mol. The molecule has 0 aliphatic rings. The van der Waals surface area contributed by atoms with Gasteiger partial charge in [-0.05, 0) is 38.8 Å². The fourth-order valence-corrected chi connectivity index (χ4v) is 1.66. The van der Waals surface area contributed by atoms with E-state index in [1.165, 1.54) is 16.7 Å². The molecule has 1 atom stereocenters. The minimum absolute atomic E-state index is 0.143. The average Bonchev–Trinajstić information content (AvgIpc) is 2.10. The maximum atomic E-state index is 8.72. The molecule has 0 bridgehead atoms. The van der Waals surface area contributed by atoms with E-state index in [0.717, 1.165) is 5.69 Å². The van der Waals surface area contributed by atoms with Gasteiger partial charge in [0.15, 0.2) is 0 Å². The second-order valence-electron chi connectivity index (χ2n) is 3.77. The number of nitriles is 1. The van der Waals surface area contributed by atoms with Crippen LogP contribution in [0.5, 0.6) is 0 Å². The van der Waals surface area contributed by atoms with Gasteiger partial charge in [0.25, 0.3) is 0 Å². The zero-order chi connectivity index (χ0) is 10.7. The van der Waals surface area contributed by atoms with Crippen molar-refractivity contribution < 1.29 is 0 Å². The SMILES string of the molecule is Cc1cc(C)c(NC(C)C#N)c(C)c1. The molecule has 1 unspecified atom stereocenters. The third-order valence-electron chi connectivity index (χ3n) is 2.23. The average molecular weight is 188 g/mol. The Morgan fingerprint density at radius 2 is 1.71 bits per heavy atom. The smallest absolute Gasteiger partial charge is 0.111 e. The van der Waals surface area contributed by atoms with Crippen LogP contribution in [0.4, 0.5) is 5.69 Å². The van der Waals surface area contributed by atoms with Crippen molar-refractivity contribution in [2.24, 2.45) is 0 Å². The van der Waals surface area contributed by atoms with Gasteiger partial charge in [0.2, 0.25) is 0 Å². The van der Waals surface area contributed by atoms with Crippen LogP contribution in [0.25, 0.3) is 0 Å². The van der Waals surface area contributed by atoms with Gasteiger partial charge >= 0.3 is 0 Å². The Bertz CT molecular complexity index is 351. The van der Waals surface area contributed by atoms with Crippen LogP contribution in [0.3, 0.4) is 0 Å². The fraction of sp³-hybridized carbons (Fsp3) is 0.417. The van der Waals surface area contributed by atoms with E-state index in [1.54, 1.807) is 0 Å². The van der Waals surface area contributed by atoms with Gasteiger partial charge in [-0.3, -0.25) is 0 Å². The maximum Gasteiger partial charge on any atom is 0.111 e. The van der Waals surface area contributed by atoms with Crippen LogP contribution in [0.2, 0.25) is 0 Å². The molecule has 2 heteroatoms. The number of nitrogens with one attached hydrogen (secondary N) is 1. The van der Waals surface area contributed by atoms with Crippen molar-refractivity contribution >= 4 is 5.69 Å². The Morgan fingerprint density at radius 3 is 2.14 bits per heavy atom. The molecular formula is C12H16N2. The zero-order valence-corrected chi connectivity index (χ0v) is 9.18. The molecule has 1 rings (SSSR count). The summed E-state index contributed by atoms with van der Waals surface area (Å²) < 4.78 is 0. The van der Waals surface area contributed by atoms with Crippen LogP contribution < -0.4 is 5.32 Å². The molecule has 0 fully saturated rings. The topological polar surface area (TPSA) is 35.8 Å². The molecule has 1 aromatic rings. The molecule has 0 spiro atoms. The van der Waals surface area contributed by atoms with Crippen LogP contribution in [0.15, 0.2) is 12.1 Å². The summed E-state index contributed by atoms with van der Waals surface area (Å²) in [5.41, 5.74) is 4.74.